The summed E-state index contributed by atoms with van der Waals surface area (Å²) in [6.45, 7) is 1.50. The first-order chi connectivity index (χ1) is 11.9. The number of carbonyl (C=O) groups is 3. The molecule has 1 aliphatic rings. The molecule has 3 amide bonds. The molecule has 1 aromatic rings. The molecule has 0 aliphatic heterocycles. The maximum atomic E-state index is 11.9. The molecule has 1 saturated carbocycles. The minimum absolute atomic E-state index is 0.0537. The molecule has 136 valence electrons. The van der Waals surface area contributed by atoms with Gasteiger partial charge < -0.3 is 15.8 Å². The zero-order chi connectivity index (χ0) is 18.4. The molecular formula is C17H22ClN3O4. The Bertz CT molecular complexity index is 665. The van der Waals surface area contributed by atoms with E-state index in [1.165, 1.54) is 18.2 Å². The Morgan fingerprint density at radius 2 is 2.00 bits per heavy atom. The van der Waals surface area contributed by atoms with Crippen LogP contribution in [0.3, 0.4) is 0 Å². The fourth-order valence-corrected chi connectivity index (χ4v) is 3.01. The van der Waals surface area contributed by atoms with Crippen molar-refractivity contribution < 1.29 is 19.1 Å². The van der Waals surface area contributed by atoms with Crippen LogP contribution in [0.4, 0.5) is 10.5 Å². The fourth-order valence-electron chi connectivity index (χ4n) is 2.83. The highest BCUT2D eigenvalue weighted by atomic mass is 35.5. The standard InChI is InChI=1S/C17H22ClN3O4/c1-10-4-2-3-5-14(10)20-17(24)21-15(22)9-25-16(23)12-7-6-11(18)8-13(12)19/h6-8,10,14H,2-5,9,19H2,1H3,(H2,20,21,22,24)/t10-,14+/m1/s1. The lowest BCUT2D eigenvalue weighted by Crippen LogP contribution is -2.48. The van der Waals surface area contributed by atoms with Gasteiger partial charge in [-0.3, -0.25) is 10.1 Å². The van der Waals surface area contributed by atoms with Crippen LogP contribution in [0.5, 0.6) is 0 Å². The van der Waals surface area contributed by atoms with E-state index in [-0.39, 0.29) is 17.3 Å². The second kappa shape index (κ2) is 8.71. The van der Waals surface area contributed by atoms with Gasteiger partial charge in [0.25, 0.3) is 5.91 Å². The number of amides is 3. The highest BCUT2D eigenvalue weighted by Crippen LogP contribution is 2.23. The van der Waals surface area contributed by atoms with Crippen LogP contribution in [0.1, 0.15) is 43.0 Å². The predicted molar refractivity (Wildman–Crippen MR) is 94.2 cm³/mol. The number of rotatable bonds is 4. The summed E-state index contributed by atoms with van der Waals surface area (Å²) in [5.41, 5.74) is 5.94. The van der Waals surface area contributed by atoms with E-state index in [9.17, 15) is 14.4 Å². The molecule has 0 spiro atoms. The minimum atomic E-state index is -0.759. The summed E-state index contributed by atoms with van der Waals surface area (Å²) in [6, 6.07) is 3.79. The third kappa shape index (κ3) is 5.63. The molecule has 25 heavy (non-hydrogen) atoms. The third-order valence-electron chi connectivity index (χ3n) is 4.25. The molecule has 0 radical (unpaired) electrons. The summed E-state index contributed by atoms with van der Waals surface area (Å²) in [5.74, 6) is -1.09. The molecule has 0 unspecified atom stereocenters. The first-order valence-electron chi connectivity index (χ1n) is 8.19. The number of nitrogen functional groups attached to an aromatic ring is 1. The molecule has 8 heteroatoms. The van der Waals surface area contributed by atoms with Gasteiger partial charge in [0.1, 0.15) is 0 Å². The lowest BCUT2D eigenvalue weighted by molar-refractivity contribution is -0.123. The molecule has 4 N–H and O–H groups in total. The number of ether oxygens (including phenoxy) is 1. The number of urea groups is 1. The number of anilines is 1. The second-order valence-electron chi connectivity index (χ2n) is 6.20. The van der Waals surface area contributed by atoms with Crippen molar-refractivity contribution in [1.82, 2.24) is 10.6 Å². The number of nitrogens with two attached hydrogens (primary N) is 1. The largest absolute Gasteiger partial charge is 0.452 e. The van der Waals surface area contributed by atoms with Crippen LogP contribution in [0, 0.1) is 5.92 Å². The van der Waals surface area contributed by atoms with Crippen molar-refractivity contribution >= 4 is 35.2 Å². The zero-order valence-corrected chi connectivity index (χ0v) is 14.8. The average Bonchev–Trinajstić information content (AvgIpc) is 2.54. The van der Waals surface area contributed by atoms with Crippen molar-refractivity contribution in [2.75, 3.05) is 12.3 Å². The summed E-state index contributed by atoms with van der Waals surface area (Å²) >= 11 is 5.76. The van der Waals surface area contributed by atoms with Crippen LogP contribution in [-0.4, -0.2) is 30.6 Å². The number of halogens is 1. The fraction of sp³-hybridized carbons (Fsp3) is 0.471. The zero-order valence-electron chi connectivity index (χ0n) is 14.0. The second-order valence-corrected chi connectivity index (χ2v) is 6.63. The van der Waals surface area contributed by atoms with Crippen molar-refractivity contribution in [3.8, 4) is 0 Å². The van der Waals surface area contributed by atoms with E-state index in [0.29, 0.717) is 10.9 Å². The van der Waals surface area contributed by atoms with E-state index in [2.05, 4.69) is 17.6 Å². The summed E-state index contributed by atoms with van der Waals surface area (Å²) in [7, 11) is 0. The Balaban J connectivity index is 1.77. The Hall–Kier alpha value is -2.28. The van der Waals surface area contributed by atoms with Gasteiger partial charge in [0.2, 0.25) is 0 Å². The number of benzene rings is 1. The number of nitrogens with one attached hydrogen (secondary N) is 2. The molecule has 1 aliphatic carbocycles. The normalized spacial score (nSPS) is 19.8. The molecule has 7 nitrogen and oxygen atoms in total. The molecule has 0 heterocycles. The first-order valence-corrected chi connectivity index (χ1v) is 8.57. The molecule has 0 bridgehead atoms. The van der Waals surface area contributed by atoms with Crippen LogP contribution < -0.4 is 16.4 Å². The Morgan fingerprint density at radius 3 is 2.68 bits per heavy atom. The molecule has 0 saturated heterocycles. The molecule has 2 atom stereocenters. The van der Waals surface area contributed by atoms with Gasteiger partial charge in [-0.25, -0.2) is 9.59 Å². The molecule has 0 aromatic heterocycles. The lowest BCUT2D eigenvalue weighted by Gasteiger charge is -2.29. The summed E-state index contributed by atoms with van der Waals surface area (Å²) in [5, 5.41) is 5.34. The van der Waals surface area contributed by atoms with Crippen LogP contribution >= 0.6 is 11.6 Å². The number of carbonyl (C=O) groups excluding carboxylic acids is 3. The van der Waals surface area contributed by atoms with E-state index in [0.717, 1.165) is 25.7 Å². The Kier molecular flexibility index (Phi) is 6.64. The Labute approximate surface area is 151 Å². The van der Waals surface area contributed by atoms with Crippen molar-refractivity contribution in [3.63, 3.8) is 0 Å². The van der Waals surface area contributed by atoms with Crippen LogP contribution in [-0.2, 0) is 9.53 Å². The maximum absolute atomic E-state index is 11.9. The summed E-state index contributed by atoms with van der Waals surface area (Å²) < 4.78 is 4.87. The van der Waals surface area contributed by atoms with Crippen molar-refractivity contribution in [3.05, 3.63) is 28.8 Å². The van der Waals surface area contributed by atoms with Gasteiger partial charge in [-0.2, -0.15) is 0 Å². The minimum Gasteiger partial charge on any atom is -0.452 e. The molecular weight excluding hydrogens is 346 g/mol. The van der Waals surface area contributed by atoms with Gasteiger partial charge in [-0.1, -0.05) is 31.4 Å². The van der Waals surface area contributed by atoms with Crippen molar-refractivity contribution in [1.29, 1.82) is 0 Å². The van der Waals surface area contributed by atoms with Gasteiger partial charge in [0, 0.05) is 16.8 Å². The van der Waals surface area contributed by atoms with Gasteiger partial charge in [0.05, 0.1) is 5.56 Å². The molecule has 1 aromatic carbocycles. The number of hydrogen-bond acceptors (Lipinski definition) is 5. The topological polar surface area (TPSA) is 111 Å². The van der Waals surface area contributed by atoms with Crippen LogP contribution in [0.2, 0.25) is 5.02 Å². The van der Waals surface area contributed by atoms with E-state index in [1.54, 1.807) is 0 Å². The van der Waals surface area contributed by atoms with E-state index in [4.69, 9.17) is 22.1 Å². The van der Waals surface area contributed by atoms with Gasteiger partial charge in [-0.05, 0) is 37.0 Å². The monoisotopic (exact) mass is 367 g/mol. The average molecular weight is 368 g/mol. The highest BCUT2D eigenvalue weighted by molar-refractivity contribution is 6.31. The molecule has 1 fully saturated rings. The van der Waals surface area contributed by atoms with Gasteiger partial charge >= 0.3 is 12.0 Å². The summed E-state index contributed by atoms with van der Waals surface area (Å²) in [6.07, 6.45) is 4.17. The SMILES string of the molecule is C[C@@H]1CCCC[C@@H]1NC(=O)NC(=O)COC(=O)c1ccc(Cl)cc1N. The van der Waals surface area contributed by atoms with Gasteiger partial charge in [0.15, 0.2) is 6.61 Å². The number of hydrogen-bond donors (Lipinski definition) is 3. The van der Waals surface area contributed by atoms with Gasteiger partial charge in [-0.15, -0.1) is 0 Å². The predicted octanol–water partition coefficient (Wildman–Crippen LogP) is 2.48. The van der Waals surface area contributed by atoms with Crippen molar-refractivity contribution in [2.24, 2.45) is 5.92 Å². The van der Waals surface area contributed by atoms with E-state index < -0.39 is 24.5 Å². The van der Waals surface area contributed by atoms with Crippen LogP contribution in [0.25, 0.3) is 0 Å². The third-order valence-corrected chi connectivity index (χ3v) is 4.48. The number of esters is 1. The lowest BCUT2D eigenvalue weighted by atomic mass is 9.86. The van der Waals surface area contributed by atoms with Crippen molar-refractivity contribution in [2.45, 2.75) is 38.6 Å². The maximum Gasteiger partial charge on any atom is 0.340 e. The smallest absolute Gasteiger partial charge is 0.340 e. The highest BCUT2D eigenvalue weighted by Gasteiger charge is 2.23. The molecule has 2 rings (SSSR count). The van der Waals surface area contributed by atoms with E-state index in [1.807, 2.05) is 0 Å². The van der Waals surface area contributed by atoms with E-state index >= 15 is 0 Å². The first kappa shape index (κ1) is 19.1. The quantitative estimate of drug-likeness (QED) is 0.559. The summed E-state index contributed by atoms with van der Waals surface area (Å²) in [4.78, 5) is 35.5. The number of imide groups is 1. The van der Waals surface area contributed by atoms with Crippen LogP contribution in [0.15, 0.2) is 18.2 Å². The Morgan fingerprint density at radius 1 is 1.28 bits per heavy atom.